The van der Waals surface area contributed by atoms with Gasteiger partial charge in [-0.1, -0.05) is 11.8 Å². The van der Waals surface area contributed by atoms with Gasteiger partial charge in [-0.2, -0.15) is 26.3 Å². The fourth-order valence-electron chi connectivity index (χ4n) is 0.923. The number of halogens is 6. The first-order chi connectivity index (χ1) is 8.16. The van der Waals surface area contributed by atoms with Gasteiger partial charge in [-0.05, 0) is 24.3 Å². The van der Waals surface area contributed by atoms with Crippen molar-refractivity contribution in [2.75, 3.05) is 0 Å². The Balaban J connectivity index is 2.86. The molecule has 1 rings (SSSR count). The van der Waals surface area contributed by atoms with Gasteiger partial charge in [0.15, 0.2) is 0 Å². The van der Waals surface area contributed by atoms with Crippen molar-refractivity contribution in [1.82, 2.24) is 0 Å². The summed E-state index contributed by atoms with van der Waals surface area (Å²) < 4.78 is 70.5. The van der Waals surface area contributed by atoms with E-state index in [9.17, 15) is 26.3 Å². The number of benzene rings is 1. The zero-order valence-electron chi connectivity index (χ0n) is 8.58. The van der Waals surface area contributed by atoms with Gasteiger partial charge in [0.1, 0.15) is 0 Å². The summed E-state index contributed by atoms with van der Waals surface area (Å²) >= 11 is 0. The van der Waals surface area contributed by atoms with E-state index < -0.39 is 12.4 Å². The molecule has 1 aromatic rings. The van der Waals surface area contributed by atoms with Gasteiger partial charge in [0, 0.05) is 23.0 Å². The zero-order valence-corrected chi connectivity index (χ0v) is 8.58. The van der Waals surface area contributed by atoms with Gasteiger partial charge in [0.05, 0.1) is 0 Å². The highest BCUT2D eigenvalue weighted by atomic mass is 19.4. The highest BCUT2D eigenvalue weighted by Crippen LogP contribution is 2.14. The van der Waals surface area contributed by atoms with Gasteiger partial charge in [-0.15, -0.1) is 0 Å². The van der Waals surface area contributed by atoms with E-state index in [-0.39, 0.29) is 11.1 Å². The maximum Gasteiger partial charge on any atom is 0.458 e. The predicted molar refractivity (Wildman–Crippen MR) is 52.3 cm³/mol. The van der Waals surface area contributed by atoms with Gasteiger partial charge in [0.25, 0.3) is 0 Å². The largest absolute Gasteiger partial charge is 0.458 e. The van der Waals surface area contributed by atoms with Crippen LogP contribution in [0.2, 0.25) is 0 Å². The Bertz CT molecular complexity index is 474. The van der Waals surface area contributed by atoms with Crippen LogP contribution >= 0.6 is 0 Å². The molecule has 6 heteroatoms. The summed E-state index contributed by atoms with van der Waals surface area (Å²) in [5.74, 6) is 5.77. The number of rotatable bonds is 0. The normalized spacial score (nSPS) is 11.0. The Labute approximate surface area is 98.6 Å². The third kappa shape index (κ3) is 5.86. The summed E-state index contributed by atoms with van der Waals surface area (Å²) in [4.78, 5) is 0. The maximum absolute atomic E-state index is 11.8. The molecule has 0 aliphatic heterocycles. The third-order valence-electron chi connectivity index (χ3n) is 1.58. The molecule has 0 atom stereocenters. The zero-order chi connectivity index (χ0) is 13.8. The summed E-state index contributed by atoms with van der Waals surface area (Å²) in [7, 11) is 0. The van der Waals surface area contributed by atoms with Crippen LogP contribution in [0.3, 0.4) is 0 Å². The molecule has 94 valence electrons. The Morgan fingerprint density at radius 2 is 0.889 bits per heavy atom. The van der Waals surface area contributed by atoms with Crippen molar-refractivity contribution in [2.45, 2.75) is 12.4 Å². The summed E-state index contributed by atoms with van der Waals surface area (Å²) in [6, 6.07) is 4.66. The molecule has 0 heterocycles. The van der Waals surface area contributed by atoms with Crippen molar-refractivity contribution in [3.8, 4) is 23.7 Å². The minimum Gasteiger partial charge on any atom is -0.159 e. The minimum absolute atomic E-state index is 0.0462. The lowest BCUT2D eigenvalue weighted by atomic mass is 10.1. The maximum atomic E-state index is 11.8. The van der Waals surface area contributed by atoms with E-state index in [1.165, 1.54) is 24.3 Å². The van der Waals surface area contributed by atoms with Crippen LogP contribution < -0.4 is 0 Å². The lowest BCUT2D eigenvalue weighted by Crippen LogP contribution is -2.01. The molecule has 0 unspecified atom stereocenters. The van der Waals surface area contributed by atoms with Crippen LogP contribution in [0.25, 0.3) is 0 Å². The Morgan fingerprint density at radius 3 is 1.11 bits per heavy atom. The number of hydrogen-bond acceptors (Lipinski definition) is 0. The van der Waals surface area contributed by atoms with Crippen LogP contribution in [0.4, 0.5) is 26.3 Å². The van der Waals surface area contributed by atoms with Crippen molar-refractivity contribution >= 4 is 0 Å². The quantitative estimate of drug-likeness (QED) is 0.495. The molecule has 0 radical (unpaired) electrons. The third-order valence-corrected chi connectivity index (χ3v) is 1.58. The summed E-state index contributed by atoms with van der Waals surface area (Å²) in [5, 5.41) is 0. The first-order valence-electron chi connectivity index (χ1n) is 4.46. The molecule has 0 aliphatic rings. The second-order valence-corrected chi connectivity index (χ2v) is 3.07. The van der Waals surface area contributed by atoms with Crippen molar-refractivity contribution in [1.29, 1.82) is 0 Å². The lowest BCUT2D eigenvalue weighted by molar-refractivity contribution is -0.0706. The number of alkyl halides is 6. The summed E-state index contributed by atoms with van der Waals surface area (Å²) in [6.07, 6.45) is -9.20. The van der Waals surface area contributed by atoms with Gasteiger partial charge in [-0.25, -0.2) is 0 Å². The Morgan fingerprint density at radius 1 is 0.611 bits per heavy atom. The van der Waals surface area contributed by atoms with Gasteiger partial charge < -0.3 is 0 Å². The van der Waals surface area contributed by atoms with Crippen molar-refractivity contribution in [2.24, 2.45) is 0 Å². The molecular formula is C12H4F6. The Hall–Kier alpha value is -2.08. The van der Waals surface area contributed by atoms with Crippen LogP contribution in [0.1, 0.15) is 11.1 Å². The van der Waals surface area contributed by atoms with Gasteiger partial charge in [0.2, 0.25) is 0 Å². The smallest absolute Gasteiger partial charge is 0.159 e. The molecule has 0 aliphatic carbocycles. The second kappa shape index (κ2) is 5.05. The van der Waals surface area contributed by atoms with Gasteiger partial charge >= 0.3 is 12.4 Å². The highest BCUT2D eigenvalue weighted by molar-refractivity contribution is 5.42. The number of hydrogen-bond donors (Lipinski definition) is 0. The van der Waals surface area contributed by atoms with E-state index in [2.05, 4.69) is 0 Å². The molecule has 0 saturated carbocycles. The van der Waals surface area contributed by atoms with Gasteiger partial charge in [-0.3, -0.25) is 0 Å². The van der Waals surface area contributed by atoms with E-state index in [4.69, 9.17) is 0 Å². The molecule has 1 aromatic carbocycles. The molecule has 0 fully saturated rings. The van der Waals surface area contributed by atoms with Crippen LogP contribution in [0.5, 0.6) is 0 Å². The van der Waals surface area contributed by atoms with E-state index in [0.29, 0.717) is 0 Å². The topological polar surface area (TPSA) is 0 Å². The molecule has 18 heavy (non-hydrogen) atoms. The molecule has 0 amide bonds. The van der Waals surface area contributed by atoms with Crippen molar-refractivity contribution in [3.63, 3.8) is 0 Å². The van der Waals surface area contributed by atoms with Crippen LogP contribution in [-0.4, -0.2) is 12.4 Å². The summed E-state index contributed by atoms with van der Waals surface area (Å²) in [6.45, 7) is 0. The Kier molecular flexibility index (Phi) is 3.93. The summed E-state index contributed by atoms with van der Waals surface area (Å²) in [5.41, 5.74) is 0.0924. The van der Waals surface area contributed by atoms with Crippen LogP contribution in [-0.2, 0) is 0 Å². The standard InChI is InChI=1S/C12H4F6/c13-11(14,15)7-5-9-1-2-10(4-3-9)6-8-12(16,17)18/h1-4H. The average Bonchev–Trinajstić information content (AvgIpc) is 2.23. The minimum atomic E-state index is -4.60. The fraction of sp³-hybridized carbons (Fsp3) is 0.167. The van der Waals surface area contributed by atoms with E-state index >= 15 is 0 Å². The molecule has 0 N–H and O–H groups in total. The van der Waals surface area contributed by atoms with E-state index in [1.807, 2.05) is 11.8 Å². The van der Waals surface area contributed by atoms with Crippen molar-refractivity contribution < 1.29 is 26.3 Å². The first kappa shape index (κ1) is 14.0. The molecular weight excluding hydrogens is 258 g/mol. The van der Waals surface area contributed by atoms with Crippen molar-refractivity contribution in [3.05, 3.63) is 35.4 Å². The predicted octanol–water partition coefficient (Wildman–Crippen LogP) is 3.51. The SMILES string of the molecule is FC(F)(F)C#Cc1ccc(C#CC(F)(F)F)cc1. The molecule has 0 spiro atoms. The monoisotopic (exact) mass is 262 g/mol. The molecule has 0 saturated heterocycles. The lowest BCUT2D eigenvalue weighted by Gasteiger charge is -1.95. The molecule has 0 nitrogen and oxygen atoms in total. The second-order valence-electron chi connectivity index (χ2n) is 3.07. The fourth-order valence-corrected chi connectivity index (χ4v) is 0.923. The molecule has 0 bridgehead atoms. The van der Waals surface area contributed by atoms with Crippen LogP contribution in [0.15, 0.2) is 24.3 Å². The highest BCUT2D eigenvalue weighted by Gasteiger charge is 2.23. The van der Waals surface area contributed by atoms with Crippen LogP contribution in [0, 0.1) is 23.7 Å². The average molecular weight is 262 g/mol. The molecule has 0 aromatic heterocycles. The van der Waals surface area contributed by atoms with E-state index in [1.54, 1.807) is 0 Å². The van der Waals surface area contributed by atoms with E-state index in [0.717, 1.165) is 11.8 Å². The first-order valence-corrected chi connectivity index (χ1v) is 4.46.